The Labute approximate surface area is 159 Å². The van der Waals surface area contributed by atoms with Gasteiger partial charge in [0.15, 0.2) is 11.0 Å². The van der Waals surface area contributed by atoms with Crippen LogP contribution >= 0.6 is 11.8 Å². The highest BCUT2D eigenvalue weighted by atomic mass is 32.2. The van der Waals surface area contributed by atoms with E-state index >= 15 is 0 Å². The second kappa shape index (κ2) is 9.08. The first-order valence-corrected chi connectivity index (χ1v) is 8.92. The predicted octanol–water partition coefficient (Wildman–Crippen LogP) is 1.66. The van der Waals surface area contributed by atoms with Gasteiger partial charge in [-0.15, -0.1) is 0 Å². The minimum Gasteiger partial charge on any atom is -0.494 e. The van der Waals surface area contributed by atoms with Gasteiger partial charge in [0, 0.05) is 5.56 Å². The average Bonchev–Trinajstić information content (AvgIpc) is 2.64. The van der Waals surface area contributed by atoms with Crippen molar-refractivity contribution in [2.75, 3.05) is 24.8 Å². The molecule has 0 aliphatic rings. The van der Waals surface area contributed by atoms with E-state index in [1.165, 1.54) is 7.11 Å². The summed E-state index contributed by atoms with van der Waals surface area (Å²) in [6.07, 6.45) is 0. The molecular weight excluding hydrogens is 372 g/mol. The van der Waals surface area contributed by atoms with Gasteiger partial charge < -0.3 is 20.5 Å². The summed E-state index contributed by atoms with van der Waals surface area (Å²) in [4.78, 5) is 42.5. The van der Waals surface area contributed by atoms with E-state index in [0.29, 0.717) is 17.9 Å². The summed E-state index contributed by atoms with van der Waals surface area (Å²) in [7, 11) is 1.27. The van der Waals surface area contributed by atoms with E-state index in [4.69, 9.17) is 10.5 Å². The van der Waals surface area contributed by atoms with Crippen LogP contribution in [-0.4, -0.2) is 40.8 Å². The van der Waals surface area contributed by atoms with Gasteiger partial charge in [-0.25, -0.2) is 4.98 Å². The summed E-state index contributed by atoms with van der Waals surface area (Å²) >= 11 is 0.987. The van der Waals surface area contributed by atoms with Crippen molar-refractivity contribution in [1.29, 1.82) is 0 Å². The fourth-order valence-corrected chi connectivity index (χ4v) is 2.91. The van der Waals surface area contributed by atoms with E-state index in [-0.39, 0.29) is 16.7 Å². The number of nitrogens with one attached hydrogen (secondary N) is 2. The highest BCUT2D eigenvalue weighted by Crippen LogP contribution is 2.22. The standard InChI is InChI=1S/C17H20N4O5S/c1-4-26-11-7-5-10(6-8-11)14(22)19-12-13(18)20-17(21-15(12)23)27-9(2)16(24)25-3/h5-9H,4H2,1-3H3,(H,19,22)(H3,18,20,21,23)/t9-/m1/s1. The molecule has 0 aliphatic heterocycles. The van der Waals surface area contributed by atoms with Gasteiger partial charge in [-0.05, 0) is 38.1 Å². The van der Waals surface area contributed by atoms with E-state index in [9.17, 15) is 14.4 Å². The molecule has 0 saturated heterocycles. The molecule has 0 bridgehead atoms. The number of aromatic nitrogens is 2. The zero-order valence-corrected chi connectivity index (χ0v) is 15.9. The van der Waals surface area contributed by atoms with E-state index in [0.717, 1.165) is 11.8 Å². The number of aromatic amines is 1. The number of anilines is 2. The van der Waals surface area contributed by atoms with Crippen LogP contribution in [0.2, 0.25) is 0 Å². The van der Waals surface area contributed by atoms with Crippen LogP contribution in [0.4, 0.5) is 11.5 Å². The topological polar surface area (TPSA) is 136 Å². The molecule has 0 radical (unpaired) electrons. The normalized spacial score (nSPS) is 11.5. The molecular formula is C17H20N4O5S. The van der Waals surface area contributed by atoms with E-state index in [2.05, 4.69) is 20.0 Å². The molecule has 1 amide bonds. The number of ether oxygens (including phenoxy) is 2. The van der Waals surface area contributed by atoms with Gasteiger partial charge in [-0.2, -0.15) is 0 Å². The number of amides is 1. The zero-order chi connectivity index (χ0) is 20.0. The highest BCUT2D eigenvalue weighted by Gasteiger charge is 2.19. The molecule has 0 fully saturated rings. The number of carbonyl (C=O) groups excluding carboxylic acids is 2. The van der Waals surface area contributed by atoms with Crippen molar-refractivity contribution in [3.8, 4) is 5.75 Å². The third-order valence-corrected chi connectivity index (χ3v) is 4.38. The van der Waals surface area contributed by atoms with Crippen LogP contribution in [0, 0.1) is 0 Å². The molecule has 0 saturated carbocycles. The van der Waals surface area contributed by atoms with Gasteiger partial charge in [0.05, 0.1) is 13.7 Å². The van der Waals surface area contributed by atoms with Crippen molar-refractivity contribution in [3.05, 3.63) is 40.2 Å². The lowest BCUT2D eigenvalue weighted by Crippen LogP contribution is -2.24. The first-order chi connectivity index (χ1) is 12.8. The van der Waals surface area contributed by atoms with Gasteiger partial charge in [-0.3, -0.25) is 19.4 Å². The monoisotopic (exact) mass is 392 g/mol. The number of nitrogens with zero attached hydrogens (tertiary/aromatic N) is 1. The minimum absolute atomic E-state index is 0.148. The van der Waals surface area contributed by atoms with Crippen molar-refractivity contribution in [2.45, 2.75) is 24.3 Å². The number of esters is 1. The number of nitrogen functional groups attached to an aromatic ring is 1. The predicted molar refractivity (Wildman–Crippen MR) is 102 cm³/mol. The van der Waals surface area contributed by atoms with E-state index in [1.54, 1.807) is 31.2 Å². The minimum atomic E-state index is -0.624. The number of benzene rings is 1. The van der Waals surface area contributed by atoms with Crippen molar-refractivity contribution < 1.29 is 19.1 Å². The fourth-order valence-electron chi connectivity index (χ4n) is 2.08. The van der Waals surface area contributed by atoms with Crippen LogP contribution in [0.15, 0.2) is 34.2 Å². The SMILES string of the molecule is CCOc1ccc(C(=O)Nc2c(N)nc(S[C@H](C)C(=O)OC)[nH]c2=O)cc1. The molecule has 4 N–H and O–H groups in total. The molecule has 2 rings (SSSR count). The number of hydrogen-bond donors (Lipinski definition) is 3. The van der Waals surface area contributed by atoms with Gasteiger partial charge in [0.1, 0.15) is 16.7 Å². The molecule has 9 nitrogen and oxygen atoms in total. The Bertz CT molecular complexity index is 882. The van der Waals surface area contributed by atoms with Crippen molar-refractivity contribution in [1.82, 2.24) is 9.97 Å². The van der Waals surface area contributed by atoms with E-state index < -0.39 is 22.7 Å². The summed E-state index contributed by atoms with van der Waals surface area (Å²) < 4.78 is 9.93. The second-order valence-electron chi connectivity index (χ2n) is 5.33. The smallest absolute Gasteiger partial charge is 0.318 e. The van der Waals surface area contributed by atoms with Crippen LogP contribution in [0.3, 0.4) is 0 Å². The largest absolute Gasteiger partial charge is 0.494 e. The first kappa shape index (κ1) is 20.3. The molecule has 2 aromatic rings. The summed E-state index contributed by atoms with van der Waals surface area (Å²) in [6, 6.07) is 6.44. The third-order valence-electron chi connectivity index (χ3n) is 3.41. The van der Waals surface area contributed by atoms with Crippen LogP contribution in [0.1, 0.15) is 24.2 Å². The number of hydrogen-bond acceptors (Lipinski definition) is 8. The van der Waals surface area contributed by atoms with Crippen molar-refractivity contribution in [2.24, 2.45) is 0 Å². The van der Waals surface area contributed by atoms with Gasteiger partial charge in [0.25, 0.3) is 11.5 Å². The fraction of sp³-hybridized carbons (Fsp3) is 0.294. The maximum atomic E-state index is 12.3. The van der Waals surface area contributed by atoms with Crippen molar-refractivity contribution >= 4 is 35.1 Å². The van der Waals surface area contributed by atoms with E-state index in [1.807, 2.05) is 6.92 Å². The lowest BCUT2D eigenvalue weighted by Gasteiger charge is -2.11. The maximum Gasteiger partial charge on any atom is 0.318 e. The van der Waals surface area contributed by atoms with Gasteiger partial charge in [0.2, 0.25) is 0 Å². The van der Waals surface area contributed by atoms with Crippen LogP contribution in [0.25, 0.3) is 0 Å². The summed E-state index contributed by atoms with van der Waals surface area (Å²) in [5, 5.41) is 2.01. The van der Waals surface area contributed by atoms with Crippen LogP contribution in [0.5, 0.6) is 5.75 Å². The lowest BCUT2D eigenvalue weighted by molar-refractivity contribution is -0.139. The summed E-state index contributed by atoms with van der Waals surface area (Å²) in [5.41, 5.74) is 5.34. The highest BCUT2D eigenvalue weighted by molar-refractivity contribution is 8.00. The number of methoxy groups -OCH3 is 1. The Morgan fingerprint density at radius 1 is 1.33 bits per heavy atom. The molecule has 0 spiro atoms. The first-order valence-electron chi connectivity index (χ1n) is 8.04. The second-order valence-corrected chi connectivity index (χ2v) is 6.66. The number of carbonyl (C=O) groups is 2. The molecule has 1 atom stereocenters. The molecule has 144 valence electrons. The summed E-state index contributed by atoms with van der Waals surface area (Å²) in [5.74, 6) is -0.499. The molecule has 1 heterocycles. The molecule has 0 aliphatic carbocycles. The third kappa shape index (κ3) is 5.23. The molecule has 10 heteroatoms. The Balaban J connectivity index is 2.15. The van der Waals surface area contributed by atoms with Gasteiger partial charge in [-0.1, -0.05) is 11.8 Å². The molecule has 1 aromatic heterocycles. The Hall–Kier alpha value is -3.01. The quantitative estimate of drug-likeness (QED) is 0.368. The molecule has 27 heavy (non-hydrogen) atoms. The lowest BCUT2D eigenvalue weighted by atomic mass is 10.2. The Morgan fingerprint density at radius 2 is 2.00 bits per heavy atom. The zero-order valence-electron chi connectivity index (χ0n) is 15.1. The van der Waals surface area contributed by atoms with Crippen LogP contribution in [-0.2, 0) is 9.53 Å². The van der Waals surface area contributed by atoms with Gasteiger partial charge >= 0.3 is 5.97 Å². The molecule has 0 unspecified atom stereocenters. The molecule has 1 aromatic carbocycles. The number of H-pyrrole nitrogens is 1. The summed E-state index contributed by atoms with van der Waals surface area (Å²) in [6.45, 7) is 3.98. The number of rotatable bonds is 7. The Morgan fingerprint density at radius 3 is 2.56 bits per heavy atom. The number of thioether (sulfide) groups is 1. The Kier molecular flexibility index (Phi) is 6.83. The van der Waals surface area contributed by atoms with Crippen LogP contribution < -0.4 is 21.3 Å². The van der Waals surface area contributed by atoms with Crippen molar-refractivity contribution in [3.63, 3.8) is 0 Å². The number of nitrogens with two attached hydrogens (primary N) is 1. The maximum absolute atomic E-state index is 12.3. The average molecular weight is 392 g/mol.